The van der Waals surface area contributed by atoms with Gasteiger partial charge in [-0.3, -0.25) is 4.90 Å². The van der Waals surface area contributed by atoms with Gasteiger partial charge < -0.3 is 29.7 Å². The van der Waals surface area contributed by atoms with Gasteiger partial charge in [0.25, 0.3) is 0 Å². The predicted molar refractivity (Wildman–Crippen MR) is 169 cm³/mol. The number of aromatic nitrogens is 2. The number of nitrogens with zero attached hydrogens (tertiary/aromatic N) is 5. The number of fused-ring (bicyclic) bond motifs is 3. The molecule has 0 radical (unpaired) electrons. The first-order valence-electron chi connectivity index (χ1n) is 14.3. The molecule has 4 heterocycles. The van der Waals surface area contributed by atoms with Gasteiger partial charge in [-0.2, -0.15) is 4.98 Å². The average molecular weight is 596 g/mol. The van der Waals surface area contributed by atoms with Gasteiger partial charge in [0, 0.05) is 42.7 Å². The molecule has 6 rings (SSSR count). The number of rotatable bonds is 6. The van der Waals surface area contributed by atoms with Gasteiger partial charge in [-0.1, -0.05) is 23.7 Å². The molecular weight excluding hydrogens is 557 g/mol. The van der Waals surface area contributed by atoms with E-state index < -0.39 is 7.14 Å². The van der Waals surface area contributed by atoms with Crippen molar-refractivity contribution >= 4 is 52.9 Å². The summed E-state index contributed by atoms with van der Waals surface area (Å²) in [6, 6.07) is 12.7. The highest BCUT2D eigenvalue weighted by atomic mass is 35.5. The minimum absolute atomic E-state index is 0.367. The lowest BCUT2D eigenvalue weighted by Gasteiger charge is -2.49. The fraction of sp³-hybridized carbons (Fsp3) is 0.467. The van der Waals surface area contributed by atoms with Crippen LogP contribution in [0.15, 0.2) is 42.6 Å². The third-order valence-corrected chi connectivity index (χ3v) is 10.3. The fourth-order valence-electron chi connectivity index (χ4n) is 6.31. The molecule has 2 fully saturated rings. The average Bonchev–Trinajstić information content (AvgIpc) is 2.94. The monoisotopic (exact) mass is 595 g/mol. The van der Waals surface area contributed by atoms with Crippen LogP contribution in [-0.4, -0.2) is 91.6 Å². The second kappa shape index (κ2) is 11.4. The van der Waals surface area contributed by atoms with E-state index in [0.717, 1.165) is 47.6 Å². The molecule has 0 bridgehead atoms. The molecule has 2 N–H and O–H groups in total. The minimum atomic E-state index is -2.50. The molecule has 41 heavy (non-hydrogen) atoms. The van der Waals surface area contributed by atoms with Gasteiger partial charge in [-0.25, -0.2) is 4.98 Å². The highest BCUT2D eigenvalue weighted by Crippen LogP contribution is 2.42. The second-order valence-corrected chi connectivity index (χ2v) is 15.4. The van der Waals surface area contributed by atoms with Gasteiger partial charge in [0.2, 0.25) is 5.95 Å². The minimum Gasteiger partial charge on any atom is -0.489 e. The van der Waals surface area contributed by atoms with Crippen LogP contribution in [0, 0.1) is 6.92 Å². The molecule has 9 nitrogen and oxygen atoms in total. The van der Waals surface area contributed by atoms with Gasteiger partial charge in [0.05, 0.1) is 23.6 Å². The molecule has 1 aromatic heterocycles. The van der Waals surface area contributed by atoms with E-state index in [-0.39, 0.29) is 0 Å². The Balaban J connectivity index is 1.18. The number of anilines is 5. The summed E-state index contributed by atoms with van der Waals surface area (Å²) in [5.41, 5.74) is 3.92. The summed E-state index contributed by atoms with van der Waals surface area (Å²) >= 11 is 6.45. The lowest BCUT2D eigenvalue weighted by molar-refractivity contribution is 0.0867. The summed E-state index contributed by atoms with van der Waals surface area (Å²) < 4.78 is 19.2. The number of hydrogen-bond donors (Lipinski definition) is 2. The molecule has 1 unspecified atom stereocenters. The molecule has 3 aromatic rings. The largest absolute Gasteiger partial charge is 0.489 e. The summed E-state index contributed by atoms with van der Waals surface area (Å²) in [6.45, 7) is 11.9. The molecule has 0 amide bonds. The van der Waals surface area contributed by atoms with Crippen molar-refractivity contribution in [2.45, 2.75) is 31.8 Å². The van der Waals surface area contributed by atoms with E-state index in [1.165, 1.54) is 31.6 Å². The lowest BCUT2D eigenvalue weighted by Crippen LogP contribution is -2.60. The van der Waals surface area contributed by atoms with Crippen molar-refractivity contribution in [3.63, 3.8) is 0 Å². The van der Waals surface area contributed by atoms with Gasteiger partial charge in [0.15, 0.2) is 5.82 Å². The van der Waals surface area contributed by atoms with Gasteiger partial charge in [0.1, 0.15) is 24.5 Å². The number of para-hydroxylation sites is 1. The fourth-order valence-corrected chi connectivity index (χ4v) is 7.61. The maximum absolute atomic E-state index is 12.8. The van der Waals surface area contributed by atoms with E-state index in [9.17, 15) is 4.57 Å². The van der Waals surface area contributed by atoms with Gasteiger partial charge in [-0.15, -0.1) is 0 Å². The number of likely N-dealkylation sites (tertiary alicyclic amines) is 1. The van der Waals surface area contributed by atoms with E-state index in [1.54, 1.807) is 19.5 Å². The highest BCUT2D eigenvalue weighted by molar-refractivity contribution is 7.70. The number of ether oxygens (including phenoxy) is 1. The Morgan fingerprint density at radius 1 is 1.05 bits per heavy atom. The number of piperidine rings is 1. The van der Waals surface area contributed by atoms with Crippen molar-refractivity contribution in [2.75, 3.05) is 75.2 Å². The molecule has 11 heteroatoms. The first kappa shape index (κ1) is 28.3. The highest BCUT2D eigenvalue weighted by Gasteiger charge is 2.36. The van der Waals surface area contributed by atoms with Crippen LogP contribution in [0.4, 0.5) is 28.8 Å². The molecule has 3 aliphatic heterocycles. The first-order chi connectivity index (χ1) is 19.7. The van der Waals surface area contributed by atoms with Crippen LogP contribution in [-0.2, 0) is 4.57 Å². The quantitative estimate of drug-likeness (QED) is 0.376. The van der Waals surface area contributed by atoms with Gasteiger partial charge >= 0.3 is 0 Å². The van der Waals surface area contributed by atoms with Crippen LogP contribution in [0.3, 0.4) is 0 Å². The van der Waals surface area contributed by atoms with Crippen LogP contribution in [0.2, 0.25) is 5.02 Å². The molecule has 0 saturated carbocycles. The Morgan fingerprint density at radius 3 is 2.61 bits per heavy atom. The number of aryl methyl sites for hydroxylation is 1. The van der Waals surface area contributed by atoms with E-state index in [0.29, 0.717) is 35.5 Å². The number of hydrogen-bond acceptors (Lipinski definition) is 9. The molecule has 0 spiro atoms. The van der Waals surface area contributed by atoms with Crippen molar-refractivity contribution in [1.29, 1.82) is 0 Å². The Morgan fingerprint density at radius 2 is 1.83 bits per heavy atom. The van der Waals surface area contributed by atoms with E-state index in [1.807, 2.05) is 30.3 Å². The smallest absolute Gasteiger partial charge is 0.229 e. The van der Waals surface area contributed by atoms with E-state index >= 15 is 0 Å². The van der Waals surface area contributed by atoms with Crippen molar-refractivity contribution in [3.8, 4) is 5.75 Å². The molecule has 3 aliphatic rings. The summed E-state index contributed by atoms with van der Waals surface area (Å²) in [4.78, 5) is 16.7. The standard InChI is InChI=1S/C30H39ClN7O2P/c1-20-15-21(33-30-32-17-24(31)29(35-30)34-25-7-5-6-8-27(25)41(3,4)39)16-26-28(20)38-14-13-37(18-23(38)19-40-26)22-9-11-36(2)12-10-22/h5-8,15-17,22-23H,9-14,18-19H2,1-4H3,(H2,32,33,34,35). The zero-order valence-electron chi connectivity index (χ0n) is 24.2. The maximum atomic E-state index is 12.8. The number of nitrogens with one attached hydrogen (secondary N) is 2. The third-order valence-electron chi connectivity index (χ3n) is 8.44. The van der Waals surface area contributed by atoms with Crippen LogP contribution >= 0.6 is 18.7 Å². The van der Waals surface area contributed by atoms with Crippen LogP contribution in [0.5, 0.6) is 5.75 Å². The second-order valence-electron chi connectivity index (χ2n) is 11.8. The Bertz CT molecular complexity index is 1470. The molecule has 0 aliphatic carbocycles. The maximum Gasteiger partial charge on any atom is 0.229 e. The zero-order valence-corrected chi connectivity index (χ0v) is 25.9. The Kier molecular flexibility index (Phi) is 7.90. The van der Waals surface area contributed by atoms with E-state index in [2.05, 4.69) is 55.3 Å². The van der Waals surface area contributed by atoms with Gasteiger partial charge in [-0.05, 0) is 77.0 Å². The van der Waals surface area contributed by atoms with Crippen molar-refractivity contribution in [3.05, 3.63) is 53.2 Å². The van der Waals surface area contributed by atoms with Crippen LogP contribution < -0.4 is 25.6 Å². The molecule has 218 valence electrons. The van der Waals surface area contributed by atoms with Crippen molar-refractivity contribution < 1.29 is 9.30 Å². The number of piperazine rings is 1. The first-order valence-corrected chi connectivity index (χ1v) is 17.3. The number of benzene rings is 2. The molecule has 2 aromatic carbocycles. The normalized spacial score (nSPS) is 20.2. The topological polar surface area (TPSA) is 85.9 Å². The molecule has 1 atom stereocenters. The van der Waals surface area contributed by atoms with Crippen LogP contribution in [0.1, 0.15) is 18.4 Å². The summed E-state index contributed by atoms with van der Waals surface area (Å²) in [5, 5.41) is 7.72. The zero-order chi connectivity index (χ0) is 28.7. The SMILES string of the molecule is Cc1cc(Nc2ncc(Cl)c(Nc3ccccc3P(C)(C)=O)n2)cc2c1N1CCN(C3CCN(C)CC3)CC1CO2. The van der Waals surface area contributed by atoms with E-state index in [4.69, 9.17) is 16.3 Å². The molecule has 2 saturated heterocycles. The van der Waals surface area contributed by atoms with Crippen molar-refractivity contribution in [2.24, 2.45) is 0 Å². The summed E-state index contributed by atoms with van der Waals surface area (Å²) in [7, 11) is -0.281. The molecular formula is C30H39ClN7O2P. The number of halogens is 1. The van der Waals surface area contributed by atoms with Crippen LogP contribution in [0.25, 0.3) is 0 Å². The Hall–Kier alpha value is -2.84. The Labute approximate surface area is 247 Å². The third kappa shape index (κ3) is 6.05. The predicted octanol–water partition coefficient (Wildman–Crippen LogP) is 5.15. The summed E-state index contributed by atoms with van der Waals surface area (Å²) in [6.07, 6.45) is 4.07. The summed E-state index contributed by atoms with van der Waals surface area (Å²) in [5.74, 6) is 1.74. The lowest BCUT2D eigenvalue weighted by atomic mass is 9.99. The van der Waals surface area contributed by atoms with Crippen molar-refractivity contribution in [1.82, 2.24) is 19.8 Å².